The van der Waals surface area contributed by atoms with Gasteiger partial charge in [0.2, 0.25) is 35.4 Å². The number of amides is 6. The SMILES string of the molecule is CC(=O)NC1C(O)CC(CO)OC1OCCOCCOCCNC(=O)CCOCC(C)(COCCC(=O)NCCOCCOCCOC1OC(CO)C(O)C(O)C1NC(C)=O)COCCC(=O)NCCOCCOCCOC1OC(CO)C(O)C(O)C1NC(C)=O. The summed E-state index contributed by atoms with van der Waals surface area (Å²) in [5.74, 6) is -2.16. The molecule has 0 spiro atoms. The first-order valence-corrected chi connectivity index (χ1v) is 30.6. The smallest absolute Gasteiger partial charge is 0.222 e. The van der Waals surface area contributed by atoms with Crippen LogP contribution in [0.15, 0.2) is 0 Å². The van der Waals surface area contributed by atoms with Gasteiger partial charge in [-0.15, -0.1) is 0 Å². The Bertz CT molecular complexity index is 1920. The third-order valence-electron chi connectivity index (χ3n) is 13.7. The quantitative estimate of drug-likeness (QED) is 0.0252. The minimum Gasteiger partial charge on any atom is -0.394 e. The van der Waals surface area contributed by atoms with Crippen LogP contribution in [0, 0.1) is 5.41 Å². The minimum atomic E-state index is -1.43. The second kappa shape index (κ2) is 47.7. The van der Waals surface area contributed by atoms with Gasteiger partial charge in [-0.05, 0) is 0 Å². The van der Waals surface area contributed by atoms with E-state index >= 15 is 0 Å². The van der Waals surface area contributed by atoms with Gasteiger partial charge in [0, 0.05) is 71.5 Å². The first-order chi connectivity index (χ1) is 43.7. The van der Waals surface area contributed by atoms with Crippen LogP contribution in [0.2, 0.25) is 0 Å². The number of ether oxygens (including phenoxy) is 15. The number of aliphatic hydroxyl groups excluding tert-OH is 8. The molecule has 0 aromatic rings. The average Bonchev–Trinajstić information content (AvgIpc) is 0.969. The molecular weight excluding hydrogens is 1220 g/mol. The molecule has 3 fully saturated rings. The minimum absolute atomic E-state index is 0.00199. The number of hydrogen-bond acceptors (Lipinski definition) is 29. The van der Waals surface area contributed by atoms with E-state index in [1.54, 1.807) is 0 Å². The Morgan fingerprint density at radius 3 is 1.02 bits per heavy atom. The van der Waals surface area contributed by atoms with E-state index in [0.29, 0.717) is 0 Å². The highest BCUT2D eigenvalue weighted by atomic mass is 16.7. The van der Waals surface area contributed by atoms with Crippen LogP contribution in [0.3, 0.4) is 0 Å². The van der Waals surface area contributed by atoms with Crippen molar-refractivity contribution in [1.29, 1.82) is 0 Å². The van der Waals surface area contributed by atoms with Crippen LogP contribution in [-0.2, 0) is 99.8 Å². The molecule has 35 nitrogen and oxygen atoms in total. The molecule has 14 N–H and O–H groups in total. The third-order valence-corrected chi connectivity index (χ3v) is 13.7. The molecule has 530 valence electrons. The van der Waals surface area contributed by atoms with Gasteiger partial charge in [-0.25, -0.2) is 0 Å². The van der Waals surface area contributed by atoms with Crippen molar-refractivity contribution in [3.8, 4) is 0 Å². The van der Waals surface area contributed by atoms with E-state index in [2.05, 4.69) is 31.9 Å². The lowest BCUT2D eigenvalue weighted by Gasteiger charge is -2.42. The van der Waals surface area contributed by atoms with E-state index < -0.39 is 116 Å². The number of hydrogen-bond donors (Lipinski definition) is 14. The van der Waals surface area contributed by atoms with Crippen LogP contribution < -0.4 is 31.9 Å². The Hall–Kier alpha value is -4.10. The molecule has 3 aliphatic heterocycles. The van der Waals surface area contributed by atoms with Gasteiger partial charge < -0.3 is 144 Å². The molecule has 0 aromatic carbocycles. The Balaban J connectivity index is 1.31. The summed E-state index contributed by atoms with van der Waals surface area (Å²) in [4.78, 5) is 72.6. The van der Waals surface area contributed by atoms with E-state index in [1.807, 2.05) is 6.92 Å². The Kier molecular flexibility index (Phi) is 42.6. The zero-order valence-electron chi connectivity index (χ0n) is 52.7. The molecule has 91 heavy (non-hydrogen) atoms. The molecule has 35 heteroatoms. The van der Waals surface area contributed by atoms with Gasteiger partial charge in [0.05, 0.1) is 171 Å². The summed E-state index contributed by atoms with van der Waals surface area (Å²) in [6.07, 6.45) is -12.6. The van der Waals surface area contributed by atoms with Gasteiger partial charge in [0.25, 0.3) is 0 Å². The largest absolute Gasteiger partial charge is 0.394 e. The lowest BCUT2D eigenvalue weighted by Crippen LogP contribution is -2.64. The molecule has 14 unspecified atom stereocenters. The summed E-state index contributed by atoms with van der Waals surface area (Å²) in [6.45, 7) is 7.61. The highest BCUT2D eigenvalue weighted by Crippen LogP contribution is 2.25. The van der Waals surface area contributed by atoms with E-state index in [0.717, 1.165) is 0 Å². The van der Waals surface area contributed by atoms with Crippen molar-refractivity contribution in [3.63, 3.8) is 0 Å². The lowest BCUT2D eigenvalue weighted by molar-refractivity contribution is -0.272. The molecule has 0 saturated carbocycles. The van der Waals surface area contributed by atoms with Gasteiger partial charge >= 0.3 is 0 Å². The summed E-state index contributed by atoms with van der Waals surface area (Å²) in [5, 5.41) is 95.7. The predicted molar refractivity (Wildman–Crippen MR) is 311 cm³/mol. The zero-order chi connectivity index (χ0) is 66.8. The first kappa shape index (κ1) is 81.1. The van der Waals surface area contributed by atoms with Crippen LogP contribution in [0.1, 0.15) is 53.4 Å². The third kappa shape index (κ3) is 34.2. The van der Waals surface area contributed by atoms with Crippen molar-refractivity contribution >= 4 is 35.4 Å². The molecule has 0 bridgehead atoms. The summed E-state index contributed by atoms with van der Waals surface area (Å²) in [7, 11) is 0. The van der Waals surface area contributed by atoms with Crippen LogP contribution >= 0.6 is 0 Å². The van der Waals surface area contributed by atoms with Crippen LogP contribution in [0.25, 0.3) is 0 Å². The van der Waals surface area contributed by atoms with Gasteiger partial charge in [-0.3, -0.25) is 28.8 Å². The Morgan fingerprint density at radius 1 is 0.396 bits per heavy atom. The highest BCUT2D eigenvalue weighted by molar-refractivity contribution is 5.77. The molecule has 0 aliphatic carbocycles. The number of carbonyl (C=O) groups excluding carboxylic acids is 6. The number of rotatable bonds is 51. The lowest BCUT2D eigenvalue weighted by atomic mass is 9.94. The van der Waals surface area contributed by atoms with Gasteiger partial charge in [-0.1, -0.05) is 6.92 Å². The molecule has 3 rings (SSSR count). The maximum Gasteiger partial charge on any atom is 0.222 e. The second-order valence-electron chi connectivity index (χ2n) is 21.8. The van der Waals surface area contributed by atoms with Gasteiger partial charge in [0.15, 0.2) is 18.9 Å². The van der Waals surface area contributed by atoms with Crippen molar-refractivity contribution in [3.05, 3.63) is 0 Å². The summed E-state index contributed by atoms with van der Waals surface area (Å²) in [6, 6.07) is -2.94. The monoisotopic (exact) mass is 1320 g/mol. The number of carbonyl (C=O) groups is 6. The molecular formula is C56H102N6O29. The molecule has 14 atom stereocenters. The molecule has 0 radical (unpaired) electrons. The molecule has 0 aromatic heterocycles. The molecule has 3 heterocycles. The average molecular weight is 1320 g/mol. The van der Waals surface area contributed by atoms with Gasteiger partial charge in [0.1, 0.15) is 54.7 Å². The number of nitrogens with one attached hydrogen (secondary N) is 6. The summed E-state index contributed by atoms with van der Waals surface area (Å²) in [5.41, 5.74) is -0.763. The van der Waals surface area contributed by atoms with Crippen molar-refractivity contribution in [2.75, 3.05) is 178 Å². The molecule has 3 saturated heterocycles. The Labute approximate surface area is 529 Å². The normalized spacial score (nSPS) is 26.5. The zero-order valence-corrected chi connectivity index (χ0v) is 52.7. The first-order valence-electron chi connectivity index (χ1n) is 30.6. The Morgan fingerprint density at radius 2 is 0.703 bits per heavy atom. The van der Waals surface area contributed by atoms with E-state index in [9.17, 15) is 69.6 Å². The van der Waals surface area contributed by atoms with Crippen molar-refractivity contribution < 1.29 is 141 Å². The van der Waals surface area contributed by atoms with Crippen molar-refractivity contribution in [2.24, 2.45) is 5.41 Å². The predicted octanol–water partition coefficient (Wildman–Crippen LogP) is -7.43. The van der Waals surface area contributed by atoms with Gasteiger partial charge in [-0.2, -0.15) is 0 Å². The van der Waals surface area contributed by atoms with E-state index in [1.165, 1.54) is 20.8 Å². The van der Waals surface area contributed by atoms with Crippen LogP contribution in [0.4, 0.5) is 0 Å². The fourth-order valence-corrected chi connectivity index (χ4v) is 9.08. The standard InChI is InChI=1S/C56H102N6O29/c1-36(66)60-46-40(69)29-39(30-63)89-53(46)86-26-23-80-20-17-77-14-8-57-43(70)5-11-83-33-56(4,34-84-12-6-44(71)58-9-15-78-18-21-81-24-27-87-54-47(61-37(2)67)51(75)49(73)41(31-64)90-54)35-85-13-7-45(72)59-10-16-79-19-22-82-25-28-88-55-48(62-38(3)68)52(76)50(74)42(32-65)91-55/h39-42,46-55,63-65,69,73-76H,5-35H2,1-4H3,(H,57,70)(H,58,71)(H,59,72)(H,60,66)(H,61,67)(H,62,68). The van der Waals surface area contributed by atoms with E-state index in [-0.39, 0.29) is 214 Å². The topological polar surface area (TPSA) is 475 Å². The highest BCUT2D eigenvalue weighted by Gasteiger charge is 2.47. The van der Waals surface area contributed by atoms with Crippen molar-refractivity contribution in [2.45, 2.75) is 139 Å². The molecule has 6 amide bonds. The number of aliphatic hydroxyl groups is 8. The van der Waals surface area contributed by atoms with E-state index in [4.69, 9.17) is 71.1 Å². The fourth-order valence-electron chi connectivity index (χ4n) is 9.08. The maximum atomic E-state index is 12.6. The fraction of sp³-hybridized carbons (Fsp3) is 0.893. The summed E-state index contributed by atoms with van der Waals surface area (Å²) < 4.78 is 84.4. The maximum absolute atomic E-state index is 12.6. The molecule has 3 aliphatic rings. The van der Waals surface area contributed by atoms with Crippen LogP contribution in [0.5, 0.6) is 0 Å². The van der Waals surface area contributed by atoms with Crippen molar-refractivity contribution in [1.82, 2.24) is 31.9 Å². The second-order valence-corrected chi connectivity index (χ2v) is 21.8. The summed E-state index contributed by atoms with van der Waals surface area (Å²) >= 11 is 0. The van der Waals surface area contributed by atoms with Crippen LogP contribution in [-0.4, -0.2) is 340 Å².